The molecule has 0 radical (unpaired) electrons. The molecule has 1 heterocycles. The highest BCUT2D eigenvalue weighted by atomic mass is 16.6. The molecule has 0 aliphatic carbocycles. The third-order valence-corrected chi connectivity index (χ3v) is 4.51. The van der Waals surface area contributed by atoms with Gasteiger partial charge < -0.3 is 0 Å². The van der Waals surface area contributed by atoms with Crippen LogP contribution in [0.4, 0.5) is 11.4 Å². The van der Waals surface area contributed by atoms with E-state index in [1.807, 2.05) is 0 Å². The van der Waals surface area contributed by atoms with Crippen LogP contribution >= 0.6 is 0 Å². The lowest BCUT2D eigenvalue weighted by atomic mass is 10.0. The van der Waals surface area contributed by atoms with Crippen molar-refractivity contribution in [2.24, 2.45) is 0 Å². The molecule has 0 amide bonds. The van der Waals surface area contributed by atoms with Crippen LogP contribution in [-0.4, -0.2) is 30.6 Å². The zero-order valence-electron chi connectivity index (χ0n) is 15.8. The van der Waals surface area contributed by atoms with Gasteiger partial charge in [-0.05, 0) is 18.2 Å². The summed E-state index contributed by atoms with van der Waals surface area (Å²) in [5.74, 6) is -0.515. The van der Waals surface area contributed by atoms with E-state index in [1.165, 1.54) is 42.5 Å². The van der Waals surface area contributed by atoms with Crippen LogP contribution in [0.5, 0.6) is 0 Å². The minimum Gasteiger partial charge on any atom is -0.287 e. The minimum atomic E-state index is -0.561. The zero-order valence-corrected chi connectivity index (χ0v) is 15.8. The Bertz CT molecular complexity index is 1300. The molecule has 4 rings (SSSR count). The van der Waals surface area contributed by atoms with E-state index in [0.29, 0.717) is 5.56 Å². The summed E-state index contributed by atoms with van der Waals surface area (Å²) in [5.41, 5.74) is 0.720. The largest absolute Gasteiger partial charge is 0.296 e. The number of ketones is 1. The molecule has 10 heteroatoms. The van der Waals surface area contributed by atoms with Gasteiger partial charge in [0.15, 0.2) is 11.4 Å². The first-order valence-electron chi connectivity index (χ1n) is 9.01. The normalized spacial score (nSPS) is 10.6. The van der Waals surface area contributed by atoms with E-state index in [4.69, 9.17) is 0 Å². The third-order valence-electron chi connectivity index (χ3n) is 4.51. The Morgan fingerprint density at radius 2 is 1.42 bits per heavy atom. The predicted molar refractivity (Wildman–Crippen MR) is 110 cm³/mol. The maximum Gasteiger partial charge on any atom is 0.296 e. The first-order valence-corrected chi connectivity index (χ1v) is 9.01. The molecule has 0 fully saturated rings. The standard InChI is InChI=1S/C21H13N5O5/c27-21(15-10-12-16(13-11-15)25(28)29)20-19(14-6-2-1-3-7-14)22-24(23-20)17-8-4-5-9-18(17)26(30)31/h1-13H. The van der Waals surface area contributed by atoms with Gasteiger partial charge in [0, 0.05) is 29.3 Å². The molecule has 31 heavy (non-hydrogen) atoms. The Balaban J connectivity index is 1.86. The number of nitro groups is 2. The van der Waals surface area contributed by atoms with Crippen molar-refractivity contribution in [1.82, 2.24) is 15.0 Å². The number of aromatic nitrogens is 3. The summed E-state index contributed by atoms with van der Waals surface area (Å²) in [6.45, 7) is 0. The molecule has 10 nitrogen and oxygen atoms in total. The van der Waals surface area contributed by atoms with Crippen molar-refractivity contribution in [2.75, 3.05) is 0 Å². The fourth-order valence-corrected chi connectivity index (χ4v) is 3.02. The molecule has 0 bridgehead atoms. The minimum absolute atomic E-state index is 0.0294. The second-order valence-corrected chi connectivity index (χ2v) is 6.43. The number of non-ortho nitro benzene ring substituents is 1. The quantitative estimate of drug-likeness (QED) is 0.264. The van der Waals surface area contributed by atoms with E-state index in [1.54, 1.807) is 36.4 Å². The summed E-state index contributed by atoms with van der Waals surface area (Å²) in [6, 6.07) is 19.8. The van der Waals surface area contributed by atoms with Gasteiger partial charge in [-0.25, -0.2) is 0 Å². The van der Waals surface area contributed by atoms with Crippen molar-refractivity contribution < 1.29 is 14.6 Å². The van der Waals surface area contributed by atoms with E-state index in [-0.39, 0.29) is 34.0 Å². The molecule has 0 aliphatic rings. The summed E-state index contributed by atoms with van der Waals surface area (Å²) in [7, 11) is 0. The summed E-state index contributed by atoms with van der Waals surface area (Å²) in [6.07, 6.45) is 0. The smallest absolute Gasteiger partial charge is 0.287 e. The Morgan fingerprint density at radius 1 is 0.774 bits per heavy atom. The Labute approximate surface area is 174 Å². The van der Waals surface area contributed by atoms with Crippen LogP contribution < -0.4 is 0 Å². The van der Waals surface area contributed by atoms with E-state index >= 15 is 0 Å². The molecular weight excluding hydrogens is 402 g/mol. The molecule has 0 spiro atoms. The van der Waals surface area contributed by atoms with Crippen molar-refractivity contribution in [1.29, 1.82) is 0 Å². The van der Waals surface area contributed by atoms with Gasteiger partial charge in [0.05, 0.1) is 9.85 Å². The molecule has 0 aliphatic heterocycles. The Morgan fingerprint density at radius 3 is 2.06 bits per heavy atom. The van der Waals surface area contributed by atoms with E-state index in [2.05, 4.69) is 10.2 Å². The van der Waals surface area contributed by atoms with E-state index in [9.17, 15) is 25.0 Å². The Kier molecular flexibility index (Phi) is 5.02. The van der Waals surface area contributed by atoms with Gasteiger partial charge in [-0.15, -0.1) is 15.0 Å². The van der Waals surface area contributed by atoms with Crippen molar-refractivity contribution in [2.45, 2.75) is 0 Å². The van der Waals surface area contributed by atoms with Crippen LogP contribution in [0.25, 0.3) is 16.9 Å². The fourth-order valence-electron chi connectivity index (χ4n) is 3.02. The summed E-state index contributed by atoms with van der Waals surface area (Å²) >= 11 is 0. The fraction of sp³-hybridized carbons (Fsp3) is 0. The van der Waals surface area contributed by atoms with Gasteiger partial charge in [0.25, 0.3) is 11.4 Å². The predicted octanol–water partition coefficient (Wildman–Crippen LogP) is 3.98. The maximum absolute atomic E-state index is 13.2. The molecule has 0 saturated carbocycles. The van der Waals surface area contributed by atoms with Crippen LogP contribution in [0.3, 0.4) is 0 Å². The number of benzene rings is 3. The summed E-state index contributed by atoms with van der Waals surface area (Å²) in [4.78, 5) is 35.4. The highest BCUT2D eigenvalue weighted by molar-refractivity contribution is 6.11. The maximum atomic E-state index is 13.2. The van der Waals surface area contributed by atoms with Crippen LogP contribution in [0.2, 0.25) is 0 Å². The highest BCUT2D eigenvalue weighted by Crippen LogP contribution is 2.27. The van der Waals surface area contributed by atoms with Gasteiger partial charge in [-0.3, -0.25) is 25.0 Å². The number of nitro benzene ring substituents is 2. The van der Waals surface area contributed by atoms with E-state index < -0.39 is 15.6 Å². The monoisotopic (exact) mass is 415 g/mol. The molecule has 0 saturated heterocycles. The first kappa shape index (κ1) is 19.6. The molecule has 0 N–H and O–H groups in total. The van der Waals surface area contributed by atoms with Crippen molar-refractivity contribution in [3.8, 4) is 16.9 Å². The van der Waals surface area contributed by atoms with Gasteiger partial charge in [-0.2, -0.15) is 0 Å². The van der Waals surface area contributed by atoms with E-state index in [0.717, 1.165) is 4.80 Å². The van der Waals surface area contributed by atoms with Gasteiger partial charge in [0.1, 0.15) is 5.69 Å². The molecule has 4 aromatic rings. The SMILES string of the molecule is O=C(c1ccc([N+](=O)[O-])cc1)c1nn(-c2ccccc2[N+](=O)[O-])nc1-c1ccccc1. The van der Waals surface area contributed by atoms with Gasteiger partial charge in [0.2, 0.25) is 5.78 Å². The number of rotatable bonds is 6. The van der Waals surface area contributed by atoms with Crippen LogP contribution in [0.1, 0.15) is 16.1 Å². The van der Waals surface area contributed by atoms with Gasteiger partial charge in [-0.1, -0.05) is 42.5 Å². The number of carbonyl (C=O) groups is 1. The number of hydrogen-bond donors (Lipinski definition) is 0. The van der Waals surface area contributed by atoms with Crippen LogP contribution in [0.15, 0.2) is 78.9 Å². The molecule has 3 aromatic carbocycles. The highest BCUT2D eigenvalue weighted by Gasteiger charge is 2.25. The molecule has 0 unspecified atom stereocenters. The lowest BCUT2D eigenvalue weighted by Crippen LogP contribution is -2.06. The summed E-state index contributed by atoms with van der Waals surface area (Å²) in [5, 5.41) is 30.9. The zero-order chi connectivity index (χ0) is 22.0. The first-order chi connectivity index (χ1) is 15.0. The number of carbonyl (C=O) groups excluding carboxylic acids is 1. The third kappa shape index (κ3) is 3.77. The second-order valence-electron chi connectivity index (χ2n) is 6.43. The number of nitrogens with zero attached hydrogens (tertiary/aromatic N) is 5. The van der Waals surface area contributed by atoms with Gasteiger partial charge >= 0.3 is 0 Å². The Hall–Kier alpha value is -4.73. The average Bonchev–Trinajstić information content (AvgIpc) is 3.24. The van der Waals surface area contributed by atoms with Crippen molar-refractivity contribution >= 4 is 17.2 Å². The molecule has 1 aromatic heterocycles. The van der Waals surface area contributed by atoms with Crippen molar-refractivity contribution in [3.05, 3.63) is 110 Å². The number of hydrogen-bond acceptors (Lipinski definition) is 7. The summed E-state index contributed by atoms with van der Waals surface area (Å²) < 4.78 is 0. The van der Waals surface area contributed by atoms with Crippen LogP contribution in [-0.2, 0) is 0 Å². The lowest BCUT2D eigenvalue weighted by Gasteiger charge is -2.01. The average molecular weight is 415 g/mol. The lowest BCUT2D eigenvalue weighted by molar-refractivity contribution is -0.385. The molecule has 0 atom stereocenters. The van der Waals surface area contributed by atoms with Crippen LogP contribution in [0, 0.1) is 20.2 Å². The topological polar surface area (TPSA) is 134 Å². The molecular formula is C21H13N5O5. The number of para-hydroxylation sites is 2. The molecule has 152 valence electrons. The second kappa shape index (κ2) is 7.95. The van der Waals surface area contributed by atoms with Crippen molar-refractivity contribution in [3.63, 3.8) is 0 Å².